The highest BCUT2D eigenvalue weighted by Gasteiger charge is 1.93. The predicted octanol–water partition coefficient (Wildman–Crippen LogP) is 8.73. The first-order valence-corrected chi connectivity index (χ1v) is 8.41. The Morgan fingerprint density at radius 2 is 0.450 bits per heavy atom. The van der Waals surface area contributed by atoms with E-state index in [0.29, 0.717) is 0 Å². The highest BCUT2D eigenvalue weighted by molar-refractivity contribution is 14.0. The monoisotopic (exact) mass is 624 g/mol. The summed E-state index contributed by atoms with van der Waals surface area (Å²) < 4.78 is 0. The Balaban J connectivity index is -0.000000427. The van der Waals surface area contributed by atoms with Gasteiger partial charge in [0.1, 0.15) is 0 Å². The van der Waals surface area contributed by atoms with Gasteiger partial charge in [-0.15, -0.1) is 71.9 Å². The molecule has 3 heteroatoms. The third-order valence-corrected chi connectivity index (χ3v) is 3.71. The van der Waals surface area contributed by atoms with Crippen LogP contribution in [0.25, 0.3) is 0 Å². The summed E-state index contributed by atoms with van der Waals surface area (Å²) in [6, 6.07) is 0. The van der Waals surface area contributed by atoms with Crippen LogP contribution in [0.5, 0.6) is 0 Å². The molecule has 0 saturated carbocycles. The lowest BCUT2D eigenvalue weighted by molar-refractivity contribution is 0.534. The van der Waals surface area contributed by atoms with E-state index in [4.69, 9.17) is 0 Å². The van der Waals surface area contributed by atoms with Gasteiger partial charge in [0.05, 0.1) is 0 Å². The molecule has 20 heavy (non-hydrogen) atoms. The van der Waals surface area contributed by atoms with Crippen molar-refractivity contribution in [2.45, 2.75) is 110 Å². The number of unbranched alkanes of at least 4 members (excludes halogenated alkanes) is 14. The van der Waals surface area contributed by atoms with Gasteiger partial charge in [-0.1, -0.05) is 110 Å². The lowest BCUT2D eigenvalue weighted by Crippen LogP contribution is -1.82. The zero-order chi connectivity index (χ0) is 12.6. The van der Waals surface area contributed by atoms with E-state index in [2.05, 4.69) is 13.8 Å². The lowest BCUT2D eigenvalue weighted by atomic mass is 10.0. The van der Waals surface area contributed by atoms with E-state index in [-0.39, 0.29) is 71.9 Å². The molecule has 0 heterocycles. The Morgan fingerprint density at radius 3 is 0.600 bits per heavy atom. The molecule has 0 saturated heterocycles. The third kappa shape index (κ3) is 28.4. The first kappa shape index (κ1) is 30.1. The van der Waals surface area contributed by atoms with E-state index in [1.54, 1.807) is 0 Å². The first-order chi connectivity index (χ1) is 8.41. The van der Waals surface area contributed by atoms with E-state index >= 15 is 0 Å². The molecular formula is C17H39I3. The summed E-state index contributed by atoms with van der Waals surface area (Å²) >= 11 is 0. The Morgan fingerprint density at radius 1 is 0.300 bits per heavy atom. The van der Waals surface area contributed by atoms with Crippen molar-refractivity contribution in [1.29, 1.82) is 0 Å². The molecule has 0 fully saturated rings. The van der Waals surface area contributed by atoms with Crippen LogP contribution in [-0.4, -0.2) is 0 Å². The second kappa shape index (κ2) is 29.2. The van der Waals surface area contributed by atoms with Gasteiger partial charge in [0, 0.05) is 0 Å². The fraction of sp³-hybridized carbons (Fsp3) is 1.00. The van der Waals surface area contributed by atoms with Gasteiger partial charge in [0.25, 0.3) is 0 Å². The second-order valence-corrected chi connectivity index (χ2v) is 5.60. The fourth-order valence-electron chi connectivity index (χ4n) is 2.44. The summed E-state index contributed by atoms with van der Waals surface area (Å²) in [7, 11) is 0. The second-order valence-electron chi connectivity index (χ2n) is 5.60. The maximum Gasteiger partial charge on any atom is -0.0533 e. The van der Waals surface area contributed by atoms with Gasteiger partial charge in [-0.2, -0.15) is 0 Å². The Labute approximate surface area is 180 Å². The number of hydrogen-bond donors (Lipinski definition) is 0. The van der Waals surface area contributed by atoms with E-state index in [9.17, 15) is 0 Å². The van der Waals surface area contributed by atoms with Crippen LogP contribution in [0.15, 0.2) is 0 Å². The molecule has 0 rings (SSSR count). The van der Waals surface area contributed by atoms with Gasteiger partial charge in [0.2, 0.25) is 0 Å². The van der Waals surface area contributed by atoms with Crippen LogP contribution in [0.2, 0.25) is 0 Å². The number of halogens is 3. The maximum atomic E-state index is 2.29. The molecular weight excluding hydrogens is 585 g/mol. The van der Waals surface area contributed by atoms with Crippen molar-refractivity contribution in [1.82, 2.24) is 0 Å². The van der Waals surface area contributed by atoms with Gasteiger partial charge in [-0.3, -0.25) is 0 Å². The lowest BCUT2D eigenvalue weighted by Gasteiger charge is -2.02. The molecule has 0 aromatic carbocycles. The van der Waals surface area contributed by atoms with Gasteiger partial charge in [0.15, 0.2) is 0 Å². The van der Waals surface area contributed by atoms with Crippen LogP contribution in [-0.2, 0) is 0 Å². The molecule has 0 nitrogen and oxygen atoms in total. The Hall–Kier alpha value is 2.19. The minimum absolute atomic E-state index is 0. The van der Waals surface area contributed by atoms with Crippen LogP contribution >= 0.6 is 71.9 Å². The van der Waals surface area contributed by atoms with Crippen molar-refractivity contribution in [3.8, 4) is 0 Å². The largest absolute Gasteiger partial charge is 0.107 e. The Kier molecular flexibility index (Phi) is 44.0. The maximum absolute atomic E-state index is 2.29. The molecule has 0 N–H and O–H groups in total. The number of hydrogen-bond acceptors (Lipinski definition) is 0. The van der Waals surface area contributed by atoms with E-state index < -0.39 is 0 Å². The van der Waals surface area contributed by atoms with Crippen molar-refractivity contribution < 1.29 is 0 Å². The molecule has 0 atom stereocenters. The molecule has 0 bridgehead atoms. The zero-order valence-corrected chi connectivity index (χ0v) is 20.8. The molecule has 0 unspecified atom stereocenters. The predicted molar refractivity (Wildman–Crippen MR) is 127 cm³/mol. The quantitative estimate of drug-likeness (QED) is 0.134. The van der Waals surface area contributed by atoms with Crippen LogP contribution in [0.4, 0.5) is 0 Å². The van der Waals surface area contributed by atoms with Gasteiger partial charge in [-0.05, 0) is 0 Å². The SMILES string of the molecule is CCCCCCCCCCCCCCCCC.I.I.I. The molecule has 0 aliphatic carbocycles. The topological polar surface area (TPSA) is 0 Å². The minimum Gasteiger partial charge on any atom is -0.107 e. The molecule has 0 amide bonds. The van der Waals surface area contributed by atoms with E-state index in [1.807, 2.05) is 0 Å². The van der Waals surface area contributed by atoms with Crippen LogP contribution in [0.3, 0.4) is 0 Å². The highest BCUT2D eigenvalue weighted by atomic mass is 127. The summed E-state index contributed by atoms with van der Waals surface area (Å²) in [5, 5.41) is 0. The Bertz CT molecular complexity index is 115. The molecule has 0 radical (unpaired) electrons. The summed E-state index contributed by atoms with van der Waals surface area (Å²) in [5.41, 5.74) is 0. The highest BCUT2D eigenvalue weighted by Crippen LogP contribution is 2.13. The number of rotatable bonds is 14. The normalized spacial score (nSPS) is 9.30. The zero-order valence-electron chi connectivity index (χ0n) is 13.8. The fourth-order valence-corrected chi connectivity index (χ4v) is 2.44. The van der Waals surface area contributed by atoms with Crippen molar-refractivity contribution >= 4 is 71.9 Å². The van der Waals surface area contributed by atoms with Gasteiger partial charge >= 0.3 is 0 Å². The molecule has 0 aliphatic heterocycles. The summed E-state index contributed by atoms with van der Waals surface area (Å²) in [5.74, 6) is 0. The molecule has 0 aliphatic rings. The molecule has 128 valence electrons. The summed E-state index contributed by atoms with van der Waals surface area (Å²) in [6.45, 7) is 4.58. The standard InChI is InChI=1S/C17H36.3HI/c1-3-5-7-9-11-13-15-17-16-14-12-10-8-6-4-2;;;/h3-17H2,1-2H3;3*1H. The van der Waals surface area contributed by atoms with Crippen LogP contribution in [0, 0.1) is 0 Å². The first-order valence-electron chi connectivity index (χ1n) is 8.41. The molecule has 0 aromatic rings. The van der Waals surface area contributed by atoms with Crippen molar-refractivity contribution in [2.24, 2.45) is 0 Å². The van der Waals surface area contributed by atoms with Crippen LogP contribution in [0.1, 0.15) is 110 Å². The van der Waals surface area contributed by atoms with E-state index in [1.165, 1.54) is 96.3 Å². The molecule has 0 aromatic heterocycles. The van der Waals surface area contributed by atoms with Gasteiger partial charge in [-0.25, -0.2) is 0 Å². The summed E-state index contributed by atoms with van der Waals surface area (Å²) in [4.78, 5) is 0. The smallest absolute Gasteiger partial charge is 0.0533 e. The average Bonchev–Trinajstić information content (AvgIpc) is 2.35. The molecule has 0 spiro atoms. The minimum atomic E-state index is 0. The van der Waals surface area contributed by atoms with Crippen molar-refractivity contribution in [3.05, 3.63) is 0 Å². The van der Waals surface area contributed by atoms with E-state index in [0.717, 1.165) is 0 Å². The van der Waals surface area contributed by atoms with Crippen LogP contribution < -0.4 is 0 Å². The summed E-state index contributed by atoms with van der Waals surface area (Å²) in [6.07, 6.45) is 21.9. The van der Waals surface area contributed by atoms with Crippen molar-refractivity contribution in [2.75, 3.05) is 0 Å². The van der Waals surface area contributed by atoms with Crippen molar-refractivity contribution in [3.63, 3.8) is 0 Å². The average molecular weight is 624 g/mol. The third-order valence-electron chi connectivity index (χ3n) is 3.71. The van der Waals surface area contributed by atoms with Gasteiger partial charge < -0.3 is 0 Å².